The Bertz CT molecular complexity index is 694. The van der Waals surface area contributed by atoms with Crippen LogP contribution in [0, 0.1) is 16.4 Å². The SMILES string of the molecule is Cc1cc(I)ccc1NC(=O)C1CCN(Cc2ccccc2)CC1. The van der Waals surface area contributed by atoms with Gasteiger partial charge >= 0.3 is 0 Å². The van der Waals surface area contributed by atoms with Gasteiger partial charge in [-0.1, -0.05) is 30.3 Å². The second-order valence-electron chi connectivity index (χ2n) is 6.48. The molecule has 1 heterocycles. The number of benzene rings is 2. The molecule has 4 heteroatoms. The quantitative estimate of drug-likeness (QED) is 0.722. The lowest BCUT2D eigenvalue weighted by Gasteiger charge is -2.31. The van der Waals surface area contributed by atoms with E-state index in [1.807, 2.05) is 25.1 Å². The number of aryl methyl sites for hydroxylation is 1. The van der Waals surface area contributed by atoms with E-state index < -0.39 is 0 Å². The fourth-order valence-electron chi connectivity index (χ4n) is 3.20. The summed E-state index contributed by atoms with van der Waals surface area (Å²) in [6.45, 7) is 4.99. The van der Waals surface area contributed by atoms with Crippen LogP contribution >= 0.6 is 22.6 Å². The fraction of sp³-hybridized carbons (Fsp3) is 0.350. The first kappa shape index (κ1) is 17.4. The first-order valence-electron chi connectivity index (χ1n) is 8.45. The number of rotatable bonds is 4. The minimum Gasteiger partial charge on any atom is -0.326 e. The van der Waals surface area contributed by atoms with Crippen LogP contribution in [-0.4, -0.2) is 23.9 Å². The Morgan fingerprint density at radius 2 is 1.88 bits per heavy atom. The van der Waals surface area contributed by atoms with Crippen LogP contribution in [0.4, 0.5) is 5.69 Å². The summed E-state index contributed by atoms with van der Waals surface area (Å²) >= 11 is 2.29. The van der Waals surface area contributed by atoms with Crippen LogP contribution in [0.25, 0.3) is 0 Å². The molecule has 0 radical (unpaired) electrons. The van der Waals surface area contributed by atoms with Gasteiger partial charge < -0.3 is 5.32 Å². The fourth-order valence-corrected chi connectivity index (χ4v) is 3.84. The molecule has 2 aromatic rings. The van der Waals surface area contributed by atoms with Gasteiger partial charge in [-0.25, -0.2) is 0 Å². The summed E-state index contributed by atoms with van der Waals surface area (Å²) in [4.78, 5) is 15.0. The van der Waals surface area contributed by atoms with Gasteiger partial charge in [0, 0.05) is 21.7 Å². The van der Waals surface area contributed by atoms with Crippen molar-refractivity contribution in [3.05, 3.63) is 63.2 Å². The smallest absolute Gasteiger partial charge is 0.227 e. The zero-order valence-corrected chi connectivity index (χ0v) is 16.1. The monoisotopic (exact) mass is 434 g/mol. The highest BCUT2D eigenvalue weighted by Crippen LogP contribution is 2.23. The molecule has 0 unspecified atom stereocenters. The van der Waals surface area contributed by atoms with Gasteiger partial charge in [-0.3, -0.25) is 9.69 Å². The zero-order chi connectivity index (χ0) is 16.9. The minimum atomic E-state index is 0.121. The molecule has 3 nitrogen and oxygen atoms in total. The van der Waals surface area contributed by atoms with Gasteiger partial charge in [-0.15, -0.1) is 0 Å². The maximum Gasteiger partial charge on any atom is 0.227 e. The first-order chi connectivity index (χ1) is 11.6. The summed E-state index contributed by atoms with van der Waals surface area (Å²) in [5.74, 6) is 0.286. The lowest BCUT2D eigenvalue weighted by molar-refractivity contribution is -0.121. The topological polar surface area (TPSA) is 32.3 Å². The third-order valence-corrected chi connectivity index (χ3v) is 5.32. The van der Waals surface area contributed by atoms with Crippen LogP contribution in [0.2, 0.25) is 0 Å². The van der Waals surface area contributed by atoms with Crippen LogP contribution in [-0.2, 0) is 11.3 Å². The van der Waals surface area contributed by atoms with E-state index in [1.54, 1.807) is 0 Å². The molecule has 1 aliphatic heterocycles. The highest BCUT2D eigenvalue weighted by molar-refractivity contribution is 14.1. The third kappa shape index (κ3) is 4.57. The molecule has 24 heavy (non-hydrogen) atoms. The number of nitrogens with zero attached hydrogens (tertiary/aromatic N) is 1. The Labute approximate surface area is 157 Å². The van der Waals surface area contributed by atoms with Crippen LogP contribution in [0.5, 0.6) is 0 Å². The van der Waals surface area contributed by atoms with E-state index in [0.29, 0.717) is 0 Å². The molecule has 0 saturated carbocycles. The van der Waals surface area contributed by atoms with Gasteiger partial charge in [0.1, 0.15) is 0 Å². The normalized spacial score (nSPS) is 16.1. The second kappa shape index (κ2) is 8.12. The molecule has 1 N–H and O–H groups in total. The van der Waals surface area contributed by atoms with E-state index in [0.717, 1.165) is 43.7 Å². The van der Waals surface area contributed by atoms with E-state index >= 15 is 0 Å². The number of likely N-dealkylation sites (tertiary alicyclic amines) is 1. The van der Waals surface area contributed by atoms with Gasteiger partial charge in [-0.05, 0) is 84.8 Å². The van der Waals surface area contributed by atoms with E-state index in [2.05, 4.69) is 63.1 Å². The highest BCUT2D eigenvalue weighted by atomic mass is 127. The standard InChI is InChI=1S/C20H23IN2O/c1-15-13-18(21)7-8-19(15)22-20(24)17-9-11-23(12-10-17)14-16-5-3-2-4-6-16/h2-8,13,17H,9-12,14H2,1H3,(H,22,24). The lowest BCUT2D eigenvalue weighted by atomic mass is 9.95. The molecular formula is C20H23IN2O. The molecule has 2 aromatic carbocycles. The summed E-state index contributed by atoms with van der Waals surface area (Å²) in [6, 6.07) is 16.7. The van der Waals surface area contributed by atoms with E-state index in [-0.39, 0.29) is 11.8 Å². The summed E-state index contributed by atoms with van der Waals surface area (Å²) in [5.41, 5.74) is 3.40. The molecule has 126 valence electrons. The number of amides is 1. The van der Waals surface area contributed by atoms with Crippen molar-refractivity contribution in [3.63, 3.8) is 0 Å². The molecule has 0 aliphatic carbocycles. The maximum atomic E-state index is 12.5. The summed E-state index contributed by atoms with van der Waals surface area (Å²) < 4.78 is 1.19. The molecule has 0 atom stereocenters. The predicted octanol–water partition coefficient (Wildman–Crippen LogP) is 4.45. The van der Waals surface area contributed by atoms with Crippen LogP contribution in [0.3, 0.4) is 0 Å². The zero-order valence-electron chi connectivity index (χ0n) is 14.0. The molecular weight excluding hydrogens is 411 g/mol. The van der Waals surface area contributed by atoms with Crippen molar-refractivity contribution in [2.75, 3.05) is 18.4 Å². The summed E-state index contributed by atoms with van der Waals surface area (Å²) in [7, 11) is 0. The number of hydrogen-bond acceptors (Lipinski definition) is 2. The Morgan fingerprint density at radius 1 is 1.17 bits per heavy atom. The van der Waals surface area contributed by atoms with Crippen LogP contribution in [0.1, 0.15) is 24.0 Å². The van der Waals surface area contributed by atoms with Crippen molar-refractivity contribution in [1.29, 1.82) is 0 Å². The average molecular weight is 434 g/mol. The summed E-state index contributed by atoms with van der Waals surface area (Å²) in [5, 5.41) is 3.11. The maximum absolute atomic E-state index is 12.5. The Balaban J connectivity index is 1.51. The molecule has 0 bridgehead atoms. The first-order valence-corrected chi connectivity index (χ1v) is 9.53. The van der Waals surface area contributed by atoms with Gasteiger partial charge in [-0.2, -0.15) is 0 Å². The minimum absolute atomic E-state index is 0.121. The average Bonchev–Trinajstić information content (AvgIpc) is 2.59. The van der Waals surface area contributed by atoms with Crippen molar-refractivity contribution in [3.8, 4) is 0 Å². The second-order valence-corrected chi connectivity index (χ2v) is 7.73. The van der Waals surface area contributed by atoms with Gasteiger partial charge in [0.05, 0.1) is 0 Å². The molecule has 0 aromatic heterocycles. The van der Waals surface area contributed by atoms with Crippen molar-refractivity contribution in [1.82, 2.24) is 4.90 Å². The molecule has 1 fully saturated rings. The van der Waals surface area contributed by atoms with Gasteiger partial charge in [0.2, 0.25) is 5.91 Å². The van der Waals surface area contributed by atoms with Gasteiger partial charge in [0.15, 0.2) is 0 Å². The molecule has 1 aliphatic rings. The van der Waals surface area contributed by atoms with Crippen LogP contribution in [0.15, 0.2) is 48.5 Å². The van der Waals surface area contributed by atoms with Crippen molar-refractivity contribution in [2.45, 2.75) is 26.3 Å². The van der Waals surface area contributed by atoms with Crippen molar-refractivity contribution < 1.29 is 4.79 Å². The number of carbonyl (C=O) groups excluding carboxylic acids is 1. The number of piperidine rings is 1. The number of anilines is 1. The predicted molar refractivity (Wildman–Crippen MR) is 107 cm³/mol. The van der Waals surface area contributed by atoms with Crippen molar-refractivity contribution in [2.24, 2.45) is 5.92 Å². The number of carbonyl (C=O) groups is 1. The Hall–Kier alpha value is -1.40. The summed E-state index contributed by atoms with van der Waals surface area (Å²) in [6.07, 6.45) is 1.87. The highest BCUT2D eigenvalue weighted by Gasteiger charge is 2.25. The van der Waals surface area contributed by atoms with E-state index in [9.17, 15) is 4.79 Å². The largest absolute Gasteiger partial charge is 0.326 e. The molecule has 1 amide bonds. The number of nitrogens with one attached hydrogen (secondary N) is 1. The number of halogens is 1. The van der Waals surface area contributed by atoms with Crippen LogP contribution < -0.4 is 5.32 Å². The van der Waals surface area contributed by atoms with E-state index in [4.69, 9.17) is 0 Å². The molecule has 0 spiro atoms. The van der Waals surface area contributed by atoms with Gasteiger partial charge in [0.25, 0.3) is 0 Å². The van der Waals surface area contributed by atoms with Crippen molar-refractivity contribution >= 4 is 34.2 Å². The number of hydrogen-bond donors (Lipinski definition) is 1. The molecule has 3 rings (SSSR count). The van der Waals surface area contributed by atoms with E-state index in [1.165, 1.54) is 9.13 Å². The lowest BCUT2D eigenvalue weighted by Crippen LogP contribution is -2.37. The molecule has 1 saturated heterocycles. The third-order valence-electron chi connectivity index (χ3n) is 4.65. The Kier molecular flexibility index (Phi) is 5.89. The Morgan fingerprint density at radius 3 is 2.54 bits per heavy atom.